The van der Waals surface area contributed by atoms with E-state index < -0.39 is 6.04 Å². The van der Waals surface area contributed by atoms with Crippen LogP contribution in [0, 0.1) is 0 Å². The highest BCUT2D eigenvalue weighted by Crippen LogP contribution is 2.28. The number of hydrogen-bond acceptors (Lipinski definition) is 4. The van der Waals surface area contributed by atoms with Crippen LogP contribution < -0.4 is 11.1 Å². The molecule has 5 nitrogen and oxygen atoms in total. The van der Waals surface area contributed by atoms with E-state index >= 15 is 0 Å². The van der Waals surface area contributed by atoms with E-state index in [4.69, 9.17) is 17.3 Å². The summed E-state index contributed by atoms with van der Waals surface area (Å²) < 4.78 is 0. The molecule has 0 bridgehead atoms. The maximum absolute atomic E-state index is 11.8. The van der Waals surface area contributed by atoms with Crippen molar-refractivity contribution in [2.75, 3.05) is 6.54 Å². The van der Waals surface area contributed by atoms with E-state index in [9.17, 15) is 9.59 Å². The van der Waals surface area contributed by atoms with Gasteiger partial charge in [0, 0.05) is 11.1 Å². The molecule has 1 heterocycles. The van der Waals surface area contributed by atoms with Crippen LogP contribution in [0.4, 0.5) is 0 Å². The molecular formula is C14H18ClN3O2. The Morgan fingerprint density at radius 1 is 1.45 bits per heavy atom. The smallest absolute Gasteiger partial charge is 0.243 e. The van der Waals surface area contributed by atoms with Gasteiger partial charge < -0.3 is 5.73 Å². The molecule has 0 aromatic heterocycles. The maximum atomic E-state index is 11.8. The van der Waals surface area contributed by atoms with Gasteiger partial charge in [-0.3, -0.25) is 19.8 Å². The maximum Gasteiger partial charge on any atom is 0.243 e. The monoisotopic (exact) mass is 295 g/mol. The van der Waals surface area contributed by atoms with Gasteiger partial charge in [-0.2, -0.15) is 0 Å². The van der Waals surface area contributed by atoms with Gasteiger partial charge in [-0.25, -0.2) is 0 Å². The number of piperazine rings is 1. The third-order valence-corrected chi connectivity index (χ3v) is 3.75. The minimum absolute atomic E-state index is 0.144. The first-order valence-corrected chi connectivity index (χ1v) is 6.88. The van der Waals surface area contributed by atoms with Crippen LogP contribution >= 0.6 is 11.6 Å². The van der Waals surface area contributed by atoms with Crippen molar-refractivity contribution in [2.24, 2.45) is 5.73 Å². The molecule has 2 rings (SSSR count). The van der Waals surface area contributed by atoms with Gasteiger partial charge in [-0.1, -0.05) is 23.7 Å². The van der Waals surface area contributed by atoms with Crippen molar-refractivity contribution in [1.82, 2.24) is 10.2 Å². The third kappa shape index (κ3) is 3.00. The number of nitrogens with two attached hydrogens (primary N) is 1. The normalized spacial score (nSPS) is 23.3. The Balaban J connectivity index is 2.37. The fourth-order valence-electron chi connectivity index (χ4n) is 2.56. The molecule has 1 saturated heterocycles. The summed E-state index contributed by atoms with van der Waals surface area (Å²) >= 11 is 6.02. The molecule has 0 saturated carbocycles. The largest absolute Gasteiger partial charge is 0.326 e. The van der Waals surface area contributed by atoms with Crippen molar-refractivity contribution in [2.45, 2.75) is 32.0 Å². The number of carbonyl (C=O) groups excluding carboxylic acids is 2. The summed E-state index contributed by atoms with van der Waals surface area (Å²) in [4.78, 5) is 25.2. The fraction of sp³-hybridized carbons (Fsp3) is 0.429. The highest BCUT2D eigenvalue weighted by molar-refractivity contribution is 6.30. The second kappa shape index (κ2) is 5.91. The lowest BCUT2D eigenvalue weighted by Gasteiger charge is -2.40. The molecule has 3 unspecified atom stereocenters. The van der Waals surface area contributed by atoms with Crippen LogP contribution in [-0.4, -0.2) is 35.3 Å². The summed E-state index contributed by atoms with van der Waals surface area (Å²) in [7, 11) is 0. The molecule has 1 aromatic carbocycles. The zero-order valence-electron chi connectivity index (χ0n) is 11.5. The summed E-state index contributed by atoms with van der Waals surface area (Å²) in [5.74, 6) is -0.602. The first-order chi connectivity index (χ1) is 9.40. The first kappa shape index (κ1) is 15.0. The molecule has 6 heteroatoms. The van der Waals surface area contributed by atoms with Crippen LogP contribution in [0.25, 0.3) is 0 Å². The van der Waals surface area contributed by atoms with E-state index in [-0.39, 0.29) is 30.4 Å². The van der Waals surface area contributed by atoms with E-state index in [1.807, 2.05) is 30.0 Å². The van der Waals surface area contributed by atoms with Gasteiger partial charge in [0.25, 0.3) is 0 Å². The number of nitrogens with one attached hydrogen (secondary N) is 1. The van der Waals surface area contributed by atoms with Gasteiger partial charge >= 0.3 is 0 Å². The van der Waals surface area contributed by atoms with Gasteiger partial charge in [-0.05, 0) is 31.5 Å². The van der Waals surface area contributed by atoms with Gasteiger partial charge in [0.1, 0.15) is 0 Å². The van der Waals surface area contributed by atoms with E-state index in [1.165, 1.54) is 0 Å². The van der Waals surface area contributed by atoms with E-state index in [0.29, 0.717) is 5.02 Å². The van der Waals surface area contributed by atoms with Crippen LogP contribution in [0.15, 0.2) is 24.3 Å². The Hall–Kier alpha value is -1.43. The molecule has 3 N–H and O–H groups in total. The predicted molar refractivity (Wildman–Crippen MR) is 77.2 cm³/mol. The van der Waals surface area contributed by atoms with Crippen molar-refractivity contribution in [1.29, 1.82) is 0 Å². The molecule has 1 aliphatic rings. The second-order valence-corrected chi connectivity index (χ2v) is 5.56. The van der Waals surface area contributed by atoms with Crippen molar-refractivity contribution in [3.05, 3.63) is 34.9 Å². The summed E-state index contributed by atoms with van der Waals surface area (Å²) in [6.45, 7) is 3.77. The van der Waals surface area contributed by atoms with Crippen LogP contribution in [0.5, 0.6) is 0 Å². The minimum Gasteiger partial charge on any atom is -0.326 e. The number of nitrogens with zero attached hydrogens (tertiary/aromatic N) is 1. The number of halogens is 1. The van der Waals surface area contributed by atoms with Gasteiger partial charge in [0.05, 0.1) is 18.6 Å². The van der Waals surface area contributed by atoms with Gasteiger partial charge in [0.15, 0.2) is 0 Å². The zero-order valence-corrected chi connectivity index (χ0v) is 12.2. The van der Waals surface area contributed by atoms with Crippen molar-refractivity contribution in [3.8, 4) is 0 Å². The van der Waals surface area contributed by atoms with Crippen LogP contribution in [0.3, 0.4) is 0 Å². The van der Waals surface area contributed by atoms with Crippen LogP contribution in [0.1, 0.15) is 25.5 Å². The lowest BCUT2D eigenvalue weighted by molar-refractivity contribution is -0.141. The van der Waals surface area contributed by atoms with Gasteiger partial charge in [-0.15, -0.1) is 0 Å². The van der Waals surface area contributed by atoms with Crippen molar-refractivity contribution >= 4 is 23.4 Å². The Labute approximate surface area is 123 Å². The SMILES string of the molecule is CC(N)C(c1cccc(Cl)c1)N1CC(=O)NC(=O)C1C. The summed E-state index contributed by atoms with van der Waals surface area (Å²) in [5.41, 5.74) is 6.98. The second-order valence-electron chi connectivity index (χ2n) is 5.12. The van der Waals surface area contributed by atoms with Crippen molar-refractivity contribution in [3.63, 3.8) is 0 Å². The molecule has 0 aliphatic carbocycles. The molecule has 1 aromatic rings. The highest BCUT2D eigenvalue weighted by Gasteiger charge is 2.37. The fourth-order valence-corrected chi connectivity index (χ4v) is 2.76. The van der Waals surface area contributed by atoms with E-state index in [0.717, 1.165) is 5.56 Å². The Bertz CT molecular complexity index is 533. The minimum atomic E-state index is -0.414. The number of rotatable bonds is 3. The standard InChI is InChI=1S/C14H18ClN3O2/c1-8(16)13(10-4-3-5-11(15)6-10)18-7-12(19)17-14(20)9(18)2/h3-6,8-9,13H,7,16H2,1-2H3,(H,17,19,20). The molecule has 0 radical (unpaired) electrons. The molecule has 0 spiro atoms. The summed E-state index contributed by atoms with van der Waals surface area (Å²) in [6, 6.07) is 6.45. The molecule has 20 heavy (non-hydrogen) atoms. The molecular weight excluding hydrogens is 278 g/mol. The molecule has 108 valence electrons. The Morgan fingerprint density at radius 2 is 2.15 bits per heavy atom. The molecule has 2 amide bonds. The quantitative estimate of drug-likeness (QED) is 0.818. The molecule has 1 aliphatic heterocycles. The predicted octanol–water partition coefficient (Wildman–Crippen LogP) is 1.08. The topological polar surface area (TPSA) is 75.4 Å². The summed E-state index contributed by atoms with van der Waals surface area (Å²) in [6.07, 6.45) is 0. The first-order valence-electron chi connectivity index (χ1n) is 6.50. The number of carbonyl (C=O) groups is 2. The lowest BCUT2D eigenvalue weighted by atomic mass is 9.96. The van der Waals surface area contributed by atoms with Crippen LogP contribution in [-0.2, 0) is 9.59 Å². The summed E-state index contributed by atoms with van der Waals surface area (Å²) in [5, 5.41) is 2.93. The highest BCUT2D eigenvalue weighted by atomic mass is 35.5. The number of amides is 2. The Morgan fingerprint density at radius 3 is 2.75 bits per heavy atom. The van der Waals surface area contributed by atoms with Gasteiger partial charge in [0.2, 0.25) is 11.8 Å². The number of benzene rings is 1. The third-order valence-electron chi connectivity index (χ3n) is 3.51. The van der Waals surface area contributed by atoms with E-state index in [2.05, 4.69) is 5.32 Å². The van der Waals surface area contributed by atoms with Crippen LogP contribution in [0.2, 0.25) is 5.02 Å². The lowest BCUT2D eigenvalue weighted by Crippen LogP contribution is -2.59. The average Bonchev–Trinajstić information content (AvgIpc) is 2.35. The zero-order chi connectivity index (χ0) is 14.9. The molecule has 3 atom stereocenters. The van der Waals surface area contributed by atoms with E-state index in [1.54, 1.807) is 13.0 Å². The van der Waals surface area contributed by atoms with Crippen molar-refractivity contribution < 1.29 is 9.59 Å². The number of hydrogen-bond donors (Lipinski definition) is 2. The average molecular weight is 296 g/mol. The number of imide groups is 1. The Kier molecular flexibility index (Phi) is 4.42. The molecule has 1 fully saturated rings.